The van der Waals surface area contributed by atoms with Crippen LogP contribution in [0.3, 0.4) is 0 Å². The second-order valence-corrected chi connectivity index (χ2v) is 6.47. The van der Waals surface area contributed by atoms with Crippen LogP contribution in [0.15, 0.2) is 18.2 Å². The molecule has 8 nitrogen and oxygen atoms in total. The van der Waals surface area contributed by atoms with Crippen LogP contribution in [0.4, 0.5) is 5.69 Å². The largest absolute Gasteiger partial charge is 0.393 e. The molecular formula is C16H20ClN3O5. The smallest absolute Gasteiger partial charge is 0.283 e. The molecule has 9 heteroatoms. The van der Waals surface area contributed by atoms with E-state index in [-0.39, 0.29) is 29.2 Å². The minimum absolute atomic E-state index is 0.0525. The molecule has 0 radical (unpaired) electrons. The van der Waals surface area contributed by atoms with Gasteiger partial charge in [-0.2, -0.15) is 0 Å². The van der Waals surface area contributed by atoms with Gasteiger partial charge >= 0.3 is 0 Å². The Morgan fingerprint density at radius 1 is 1.32 bits per heavy atom. The van der Waals surface area contributed by atoms with Crippen LogP contribution >= 0.6 is 11.6 Å². The minimum atomic E-state index is -0.777. The van der Waals surface area contributed by atoms with Gasteiger partial charge in [-0.3, -0.25) is 19.7 Å². The summed E-state index contributed by atoms with van der Waals surface area (Å²) in [4.78, 5) is 34.3. The molecule has 25 heavy (non-hydrogen) atoms. The number of nitrogens with zero attached hydrogens (tertiary/aromatic N) is 1. The van der Waals surface area contributed by atoms with Gasteiger partial charge in [-0.25, -0.2) is 0 Å². The Hall–Kier alpha value is -2.19. The van der Waals surface area contributed by atoms with Crippen LogP contribution in [-0.2, 0) is 4.79 Å². The second kappa shape index (κ2) is 8.77. The van der Waals surface area contributed by atoms with E-state index in [2.05, 4.69) is 10.6 Å². The summed E-state index contributed by atoms with van der Waals surface area (Å²) in [5, 5.41) is 25.6. The molecular weight excluding hydrogens is 350 g/mol. The monoisotopic (exact) mass is 369 g/mol. The number of nitro groups is 1. The van der Waals surface area contributed by atoms with Gasteiger partial charge in [-0.1, -0.05) is 24.1 Å². The van der Waals surface area contributed by atoms with Crippen molar-refractivity contribution in [2.24, 2.45) is 5.92 Å². The summed E-state index contributed by atoms with van der Waals surface area (Å²) in [6, 6.07) is 3.93. The van der Waals surface area contributed by atoms with Gasteiger partial charge in [0.1, 0.15) is 5.56 Å². The molecule has 136 valence electrons. The highest BCUT2D eigenvalue weighted by Gasteiger charge is 2.24. The number of carbonyl (C=O) groups is 2. The van der Waals surface area contributed by atoms with Crippen molar-refractivity contribution in [3.05, 3.63) is 38.9 Å². The lowest BCUT2D eigenvalue weighted by molar-refractivity contribution is -0.385. The van der Waals surface area contributed by atoms with Crippen LogP contribution in [0.1, 0.15) is 36.0 Å². The summed E-state index contributed by atoms with van der Waals surface area (Å²) in [5.41, 5.74) is -0.682. The van der Waals surface area contributed by atoms with Crippen LogP contribution in [0.2, 0.25) is 5.02 Å². The molecule has 1 aliphatic rings. The fourth-order valence-corrected chi connectivity index (χ4v) is 3.16. The van der Waals surface area contributed by atoms with Crippen LogP contribution in [-0.4, -0.2) is 41.0 Å². The number of rotatable bonds is 6. The first-order valence-corrected chi connectivity index (χ1v) is 8.42. The Bertz CT molecular complexity index is 667. The molecule has 0 heterocycles. The van der Waals surface area contributed by atoms with E-state index < -0.39 is 22.4 Å². The zero-order chi connectivity index (χ0) is 18.4. The van der Waals surface area contributed by atoms with Crippen molar-refractivity contribution in [2.75, 3.05) is 13.1 Å². The molecule has 0 bridgehead atoms. The van der Waals surface area contributed by atoms with Crippen molar-refractivity contribution >= 4 is 29.1 Å². The van der Waals surface area contributed by atoms with Crippen molar-refractivity contribution in [2.45, 2.75) is 31.8 Å². The molecule has 2 atom stereocenters. The molecule has 1 aromatic carbocycles. The number of aliphatic hydroxyl groups excluding tert-OH is 1. The summed E-state index contributed by atoms with van der Waals surface area (Å²) in [6.45, 7) is 0.120. The Morgan fingerprint density at radius 3 is 2.76 bits per heavy atom. The zero-order valence-electron chi connectivity index (χ0n) is 13.5. The predicted octanol–water partition coefficient (Wildman–Crippen LogP) is 1.65. The van der Waals surface area contributed by atoms with Crippen molar-refractivity contribution in [3.63, 3.8) is 0 Å². The number of amides is 2. The van der Waals surface area contributed by atoms with Gasteiger partial charge in [0.05, 0.1) is 22.6 Å². The molecule has 0 aromatic heterocycles. The van der Waals surface area contributed by atoms with E-state index in [1.165, 1.54) is 18.2 Å². The highest BCUT2D eigenvalue weighted by Crippen LogP contribution is 2.26. The molecule has 2 amide bonds. The number of carbonyl (C=O) groups excluding carboxylic acids is 2. The van der Waals surface area contributed by atoms with Gasteiger partial charge in [0.15, 0.2) is 0 Å². The number of hydrogen-bond donors (Lipinski definition) is 3. The van der Waals surface area contributed by atoms with E-state index in [0.717, 1.165) is 19.3 Å². The number of nitro benzene ring substituents is 1. The van der Waals surface area contributed by atoms with Gasteiger partial charge in [0.2, 0.25) is 5.91 Å². The fraction of sp³-hybridized carbons (Fsp3) is 0.500. The second-order valence-electron chi connectivity index (χ2n) is 6.06. The minimum Gasteiger partial charge on any atom is -0.393 e. The molecule has 1 aromatic rings. The van der Waals surface area contributed by atoms with Gasteiger partial charge in [0, 0.05) is 12.6 Å². The van der Waals surface area contributed by atoms with Crippen LogP contribution in [0.25, 0.3) is 0 Å². The number of benzene rings is 1. The molecule has 1 aliphatic carbocycles. The van der Waals surface area contributed by atoms with E-state index in [0.29, 0.717) is 13.0 Å². The predicted molar refractivity (Wildman–Crippen MR) is 91.4 cm³/mol. The van der Waals surface area contributed by atoms with Crippen LogP contribution < -0.4 is 10.6 Å². The third-order valence-electron chi connectivity index (χ3n) is 4.17. The molecule has 2 unspecified atom stereocenters. The van der Waals surface area contributed by atoms with E-state index in [1.807, 2.05) is 0 Å². The molecule has 1 fully saturated rings. The third-order valence-corrected chi connectivity index (χ3v) is 4.48. The Morgan fingerprint density at radius 2 is 2.08 bits per heavy atom. The lowest BCUT2D eigenvalue weighted by Gasteiger charge is -2.25. The van der Waals surface area contributed by atoms with Crippen molar-refractivity contribution < 1.29 is 19.6 Å². The van der Waals surface area contributed by atoms with Gasteiger partial charge in [0.25, 0.3) is 11.6 Å². The first kappa shape index (κ1) is 19.1. The van der Waals surface area contributed by atoms with E-state index in [4.69, 9.17) is 11.6 Å². The maximum absolute atomic E-state index is 12.1. The first-order valence-electron chi connectivity index (χ1n) is 8.04. The number of nitrogens with one attached hydrogen (secondary N) is 2. The highest BCUT2D eigenvalue weighted by molar-refractivity contribution is 6.34. The van der Waals surface area contributed by atoms with Crippen molar-refractivity contribution in [1.29, 1.82) is 0 Å². The maximum atomic E-state index is 12.1. The van der Waals surface area contributed by atoms with Crippen molar-refractivity contribution in [3.8, 4) is 0 Å². The topological polar surface area (TPSA) is 122 Å². The normalized spacial score (nSPS) is 19.9. The molecule has 3 N–H and O–H groups in total. The first-order chi connectivity index (χ1) is 11.9. The lowest BCUT2D eigenvalue weighted by Crippen LogP contribution is -2.40. The quantitative estimate of drug-likeness (QED) is 0.520. The number of halogens is 1. The molecule has 0 aliphatic heterocycles. The van der Waals surface area contributed by atoms with E-state index >= 15 is 0 Å². The standard InChI is InChI=1S/C16H20ClN3O5/c17-12-5-2-6-13(20(24)25)15(12)16(23)19-9-14(22)18-8-10-3-1-4-11(21)7-10/h2,5-6,10-11,21H,1,3-4,7-9H2,(H,18,22)(H,19,23). The van der Waals surface area contributed by atoms with Gasteiger partial charge < -0.3 is 15.7 Å². The van der Waals surface area contributed by atoms with Gasteiger partial charge in [-0.05, 0) is 31.2 Å². The van der Waals surface area contributed by atoms with Crippen molar-refractivity contribution in [1.82, 2.24) is 10.6 Å². The SMILES string of the molecule is O=C(CNC(=O)c1c(Cl)cccc1[N+](=O)[O-])NCC1CCCC(O)C1. The highest BCUT2D eigenvalue weighted by atomic mass is 35.5. The molecule has 2 rings (SSSR count). The van der Waals surface area contributed by atoms with E-state index in [1.54, 1.807) is 0 Å². The third kappa shape index (κ3) is 5.40. The molecule has 0 saturated heterocycles. The van der Waals surface area contributed by atoms with Gasteiger partial charge in [-0.15, -0.1) is 0 Å². The Labute approximate surface area is 149 Å². The average molecular weight is 370 g/mol. The number of aliphatic hydroxyl groups is 1. The average Bonchev–Trinajstić information content (AvgIpc) is 2.57. The number of hydrogen-bond acceptors (Lipinski definition) is 5. The summed E-state index contributed by atoms with van der Waals surface area (Å²) < 4.78 is 0. The Kier molecular flexibility index (Phi) is 6.72. The molecule has 0 spiro atoms. The summed E-state index contributed by atoms with van der Waals surface area (Å²) in [7, 11) is 0. The lowest BCUT2D eigenvalue weighted by atomic mass is 9.87. The zero-order valence-corrected chi connectivity index (χ0v) is 14.3. The van der Waals surface area contributed by atoms with Crippen LogP contribution in [0.5, 0.6) is 0 Å². The summed E-state index contributed by atoms with van der Waals surface area (Å²) in [5.74, 6) is -0.961. The van der Waals surface area contributed by atoms with E-state index in [9.17, 15) is 24.8 Å². The summed E-state index contributed by atoms with van der Waals surface area (Å²) >= 11 is 5.87. The summed E-state index contributed by atoms with van der Waals surface area (Å²) in [6.07, 6.45) is 2.98. The molecule has 1 saturated carbocycles. The Balaban J connectivity index is 1.85. The maximum Gasteiger partial charge on any atom is 0.283 e. The fourth-order valence-electron chi connectivity index (χ4n) is 2.91. The van der Waals surface area contributed by atoms with Crippen LogP contribution in [0, 0.1) is 16.0 Å².